The molecule has 32 heavy (non-hydrogen) atoms. The van der Waals surface area contributed by atoms with Gasteiger partial charge in [-0.05, 0) is 40.2 Å². The smallest absolute Gasteiger partial charge is 0.270 e. The molecular formula is C20H18BrN3O6S2. The number of rotatable bonds is 8. The largest absolute Gasteiger partial charge is 0.493 e. The topological polar surface area (TPSA) is 127 Å². The zero-order chi connectivity index (χ0) is 23.3. The van der Waals surface area contributed by atoms with Gasteiger partial charge < -0.3 is 19.8 Å². The highest BCUT2D eigenvalue weighted by Gasteiger charge is 2.24. The number of carbonyl (C=O) groups is 1. The van der Waals surface area contributed by atoms with Crippen LogP contribution in [0.25, 0.3) is 0 Å². The lowest BCUT2D eigenvalue weighted by atomic mass is 10.3. The maximum Gasteiger partial charge on any atom is 0.270 e. The Balaban J connectivity index is 1.75. The first kappa shape index (κ1) is 23.8. The summed E-state index contributed by atoms with van der Waals surface area (Å²) in [5.74, 6) is 0.213. The summed E-state index contributed by atoms with van der Waals surface area (Å²) in [6.45, 7) is 0. The van der Waals surface area contributed by atoms with Crippen molar-refractivity contribution in [3.8, 4) is 11.5 Å². The average Bonchev–Trinajstić information content (AvgIpc) is 2.78. The van der Waals surface area contributed by atoms with Crippen LogP contribution in [-0.2, 0) is 14.6 Å². The van der Waals surface area contributed by atoms with Gasteiger partial charge >= 0.3 is 0 Å². The summed E-state index contributed by atoms with van der Waals surface area (Å²) < 4.78 is 36.8. The van der Waals surface area contributed by atoms with E-state index in [0.29, 0.717) is 11.4 Å². The molecule has 9 nitrogen and oxygen atoms in total. The maximum absolute atomic E-state index is 12.9. The molecule has 3 rings (SSSR count). The van der Waals surface area contributed by atoms with Crippen molar-refractivity contribution < 1.29 is 22.7 Å². The Kier molecular flexibility index (Phi) is 7.59. The van der Waals surface area contributed by atoms with Crippen LogP contribution in [0.5, 0.6) is 11.5 Å². The zero-order valence-corrected chi connectivity index (χ0v) is 20.1. The Morgan fingerprint density at radius 3 is 2.53 bits per heavy atom. The molecule has 1 amide bonds. The van der Waals surface area contributed by atoms with E-state index in [1.54, 1.807) is 18.2 Å². The van der Waals surface area contributed by atoms with Crippen LogP contribution in [0.15, 0.2) is 72.9 Å². The number of H-pyrrole nitrogens is 1. The lowest BCUT2D eigenvalue weighted by Gasteiger charge is -2.10. The zero-order valence-electron chi connectivity index (χ0n) is 16.9. The number of carbonyl (C=O) groups excluding carboxylic acids is 1. The van der Waals surface area contributed by atoms with Gasteiger partial charge in [-0.3, -0.25) is 9.59 Å². The normalized spacial score (nSPS) is 11.1. The summed E-state index contributed by atoms with van der Waals surface area (Å²) in [4.78, 5) is 30.4. The van der Waals surface area contributed by atoms with Crippen molar-refractivity contribution in [3.05, 3.63) is 63.5 Å². The van der Waals surface area contributed by atoms with Crippen molar-refractivity contribution in [2.75, 3.05) is 25.3 Å². The number of thioether (sulfide) groups is 1. The molecule has 0 spiro atoms. The summed E-state index contributed by atoms with van der Waals surface area (Å²) in [5.41, 5.74) is -0.237. The Hall–Kier alpha value is -2.83. The highest BCUT2D eigenvalue weighted by Crippen LogP contribution is 2.31. The van der Waals surface area contributed by atoms with Crippen LogP contribution in [0.1, 0.15) is 0 Å². The molecule has 12 heteroatoms. The van der Waals surface area contributed by atoms with Gasteiger partial charge in [0.2, 0.25) is 15.7 Å². The fraction of sp³-hybridized carbons (Fsp3) is 0.150. The first-order chi connectivity index (χ1) is 15.3. The molecule has 0 fully saturated rings. The molecule has 2 aromatic carbocycles. The summed E-state index contributed by atoms with van der Waals surface area (Å²) in [6.07, 6.45) is 0.971. The number of methoxy groups -OCH3 is 2. The molecule has 0 aliphatic heterocycles. The van der Waals surface area contributed by atoms with Gasteiger partial charge in [-0.2, -0.15) is 0 Å². The molecule has 2 N–H and O–H groups in total. The number of halogens is 1. The lowest BCUT2D eigenvalue weighted by molar-refractivity contribution is -0.113. The number of aromatic amines is 1. The third-order valence-corrected chi connectivity index (χ3v) is 7.51. The molecule has 0 saturated carbocycles. The molecule has 0 bridgehead atoms. The molecule has 0 atom stereocenters. The quantitative estimate of drug-likeness (QED) is 0.330. The van der Waals surface area contributed by atoms with Crippen molar-refractivity contribution in [1.82, 2.24) is 9.97 Å². The number of hydrogen-bond donors (Lipinski definition) is 2. The van der Waals surface area contributed by atoms with Crippen LogP contribution >= 0.6 is 27.7 Å². The summed E-state index contributed by atoms with van der Waals surface area (Å²) in [7, 11) is -1.35. The predicted molar refractivity (Wildman–Crippen MR) is 123 cm³/mol. The number of nitrogens with zero attached hydrogens (tertiary/aromatic N) is 1. The van der Waals surface area contributed by atoms with Gasteiger partial charge in [-0.1, -0.05) is 23.9 Å². The summed E-state index contributed by atoms with van der Waals surface area (Å²) in [6, 6.07) is 11.1. The molecule has 1 aromatic heterocycles. The van der Waals surface area contributed by atoms with Crippen LogP contribution in [0, 0.1) is 0 Å². The first-order valence-electron chi connectivity index (χ1n) is 9.00. The van der Waals surface area contributed by atoms with Crippen molar-refractivity contribution >= 4 is 49.1 Å². The van der Waals surface area contributed by atoms with Gasteiger partial charge in [0.25, 0.3) is 5.56 Å². The van der Waals surface area contributed by atoms with E-state index >= 15 is 0 Å². The minimum atomic E-state index is -4.16. The average molecular weight is 540 g/mol. The molecule has 3 aromatic rings. The number of benzene rings is 2. The van der Waals surface area contributed by atoms with E-state index in [2.05, 4.69) is 31.2 Å². The summed E-state index contributed by atoms with van der Waals surface area (Å²) in [5, 5.41) is 2.84. The Bertz CT molecular complexity index is 1310. The molecule has 0 aliphatic rings. The van der Waals surface area contributed by atoms with Crippen LogP contribution in [0.2, 0.25) is 0 Å². The number of para-hydroxylation sites is 1. The molecule has 0 aliphatic carbocycles. The first-order valence-corrected chi connectivity index (χ1v) is 12.3. The van der Waals surface area contributed by atoms with Gasteiger partial charge in [0.15, 0.2) is 21.6 Å². The van der Waals surface area contributed by atoms with E-state index in [0.717, 1.165) is 22.4 Å². The predicted octanol–water partition coefficient (Wildman–Crippen LogP) is 3.11. The van der Waals surface area contributed by atoms with Crippen LogP contribution < -0.4 is 20.3 Å². The van der Waals surface area contributed by atoms with Crippen molar-refractivity contribution in [3.63, 3.8) is 0 Å². The fourth-order valence-corrected chi connectivity index (χ4v) is 4.89. The van der Waals surface area contributed by atoms with Gasteiger partial charge in [0.05, 0.1) is 36.8 Å². The van der Waals surface area contributed by atoms with Crippen LogP contribution in [0.3, 0.4) is 0 Å². The number of ether oxygens (including phenoxy) is 2. The monoisotopic (exact) mass is 539 g/mol. The molecule has 168 valence electrons. The number of amides is 1. The Morgan fingerprint density at radius 2 is 1.88 bits per heavy atom. The van der Waals surface area contributed by atoms with E-state index in [9.17, 15) is 18.0 Å². The molecule has 0 saturated heterocycles. The van der Waals surface area contributed by atoms with E-state index < -0.39 is 20.3 Å². The van der Waals surface area contributed by atoms with Crippen molar-refractivity contribution in [1.29, 1.82) is 0 Å². The Morgan fingerprint density at radius 1 is 1.16 bits per heavy atom. The highest BCUT2D eigenvalue weighted by atomic mass is 79.9. The number of nitrogens with one attached hydrogen (secondary N) is 2. The third kappa shape index (κ3) is 5.31. The minimum Gasteiger partial charge on any atom is -0.493 e. The number of sulfone groups is 1. The van der Waals surface area contributed by atoms with Crippen molar-refractivity contribution in [2.24, 2.45) is 0 Å². The number of aromatic nitrogens is 2. The molecular weight excluding hydrogens is 522 g/mol. The van der Waals surface area contributed by atoms with E-state index in [-0.39, 0.29) is 27.5 Å². The van der Waals surface area contributed by atoms with Gasteiger partial charge in [-0.25, -0.2) is 13.4 Å². The van der Waals surface area contributed by atoms with Gasteiger partial charge in [0.1, 0.15) is 0 Å². The number of anilines is 1. The maximum atomic E-state index is 12.9. The molecule has 1 heterocycles. The standard InChI is InChI=1S/C20H18BrN3O6S2/c1-29-15-8-7-12(9-16(15)30-2)32(27,28)17-10-22-20(24-19(17)26)31-11-18(25)23-14-6-4-3-5-13(14)21/h3-10H,11H2,1-2H3,(H,23,25)(H,22,24,26). The highest BCUT2D eigenvalue weighted by molar-refractivity contribution is 9.10. The second-order valence-electron chi connectivity index (χ2n) is 6.22. The molecule has 0 radical (unpaired) electrons. The molecule has 0 unspecified atom stereocenters. The summed E-state index contributed by atoms with van der Waals surface area (Å²) >= 11 is 4.31. The van der Waals surface area contributed by atoms with Gasteiger partial charge in [0, 0.05) is 10.5 Å². The minimum absolute atomic E-state index is 0.0357. The number of hydrogen-bond acceptors (Lipinski definition) is 8. The third-order valence-electron chi connectivity index (χ3n) is 4.19. The van der Waals surface area contributed by atoms with Crippen LogP contribution in [0.4, 0.5) is 5.69 Å². The van der Waals surface area contributed by atoms with E-state index in [1.807, 2.05) is 6.07 Å². The fourth-order valence-electron chi connectivity index (χ4n) is 2.63. The lowest BCUT2D eigenvalue weighted by Crippen LogP contribution is -2.20. The van der Waals surface area contributed by atoms with E-state index in [1.165, 1.54) is 32.4 Å². The van der Waals surface area contributed by atoms with Crippen molar-refractivity contribution in [2.45, 2.75) is 14.9 Å². The van der Waals surface area contributed by atoms with E-state index in [4.69, 9.17) is 9.47 Å². The second-order valence-corrected chi connectivity index (χ2v) is 9.96. The second kappa shape index (κ2) is 10.2. The SMILES string of the molecule is COc1ccc(S(=O)(=O)c2cnc(SCC(=O)Nc3ccccc3Br)[nH]c2=O)cc1OC. The van der Waals surface area contributed by atoms with Gasteiger partial charge in [-0.15, -0.1) is 0 Å². The van der Waals surface area contributed by atoms with Crippen LogP contribution in [-0.4, -0.2) is 44.3 Å². The Labute approximate surface area is 196 Å².